The van der Waals surface area contributed by atoms with Crippen molar-refractivity contribution in [3.8, 4) is 0 Å². The summed E-state index contributed by atoms with van der Waals surface area (Å²) in [7, 11) is 0. The van der Waals surface area contributed by atoms with Crippen LogP contribution in [0.5, 0.6) is 0 Å². The zero-order chi connectivity index (χ0) is 10.8. The molecule has 0 aromatic rings. The first kappa shape index (κ1) is 13.6. The summed E-state index contributed by atoms with van der Waals surface area (Å²) in [6.07, 6.45) is 7.40. The molecule has 0 aliphatic rings. The van der Waals surface area contributed by atoms with E-state index < -0.39 is 0 Å². The number of Topliss-reactive ketones (excluding diaryl/α,β-unsaturated/α-hetero) is 1. The molecule has 84 valence electrons. The monoisotopic (exact) mass is 199 g/mol. The molecule has 2 N–H and O–H groups in total. The first-order chi connectivity index (χ1) is 6.72. The van der Waals surface area contributed by atoms with Crippen molar-refractivity contribution < 1.29 is 4.79 Å². The molecule has 0 aromatic carbocycles. The molecule has 0 saturated carbocycles. The topological polar surface area (TPSA) is 43.1 Å². The Labute approximate surface area is 88.3 Å². The summed E-state index contributed by atoms with van der Waals surface area (Å²) >= 11 is 0. The second-order valence-electron chi connectivity index (χ2n) is 4.11. The predicted octanol–water partition coefficient (Wildman–Crippen LogP) is 2.90. The van der Waals surface area contributed by atoms with Crippen LogP contribution in [0.1, 0.15) is 58.8 Å². The van der Waals surface area contributed by atoms with Crippen LogP contribution in [-0.4, -0.2) is 12.3 Å². The van der Waals surface area contributed by atoms with Gasteiger partial charge < -0.3 is 5.73 Å². The summed E-state index contributed by atoms with van der Waals surface area (Å²) in [4.78, 5) is 11.5. The highest BCUT2D eigenvalue weighted by Gasteiger charge is 2.10. The number of hydrogen-bond acceptors (Lipinski definition) is 2. The Kier molecular flexibility index (Phi) is 8.95. The summed E-state index contributed by atoms with van der Waals surface area (Å²) in [6, 6.07) is 0. The van der Waals surface area contributed by atoms with E-state index in [0.717, 1.165) is 45.1 Å². The molecule has 0 rings (SSSR count). The van der Waals surface area contributed by atoms with Crippen molar-refractivity contribution >= 4 is 5.78 Å². The van der Waals surface area contributed by atoms with Crippen LogP contribution in [-0.2, 0) is 4.79 Å². The van der Waals surface area contributed by atoms with Gasteiger partial charge in [0.1, 0.15) is 5.78 Å². The van der Waals surface area contributed by atoms with Crippen molar-refractivity contribution in [2.75, 3.05) is 6.54 Å². The largest absolute Gasteiger partial charge is 0.330 e. The van der Waals surface area contributed by atoms with E-state index in [0.29, 0.717) is 5.78 Å². The fourth-order valence-corrected chi connectivity index (χ4v) is 1.64. The number of carbonyl (C=O) groups is 1. The Bertz CT molecular complexity index is 145. The summed E-state index contributed by atoms with van der Waals surface area (Å²) in [6.45, 7) is 4.96. The highest BCUT2D eigenvalue weighted by Crippen LogP contribution is 2.12. The molecule has 0 aromatic heterocycles. The fourth-order valence-electron chi connectivity index (χ4n) is 1.64. The molecular weight excluding hydrogens is 174 g/mol. The number of nitrogens with two attached hydrogens (primary N) is 1. The number of hydrogen-bond donors (Lipinski definition) is 1. The van der Waals surface area contributed by atoms with Gasteiger partial charge in [-0.1, -0.05) is 33.1 Å². The minimum absolute atomic E-state index is 0.273. The van der Waals surface area contributed by atoms with Gasteiger partial charge in [-0.05, 0) is 25.8 Å². The van der Waals surface area contributed by atoms with E-state index in [-0.39, 0.29) is 5.92 Å². The second-order valence-corrected chi connectivity index (χ2v) is 4.11. The summed E-state index contributed by atoms with van der Waals surface area (Å²) in [5.74, 6) is 0.717. The average molecular weight is 199 g/mol. The molecule has 2 nitrogen and oxygen atoms in total. The van der Waals surface area contributed by atoms with Crippen molar-refractivity contribution in [2.45, 2.75) is 58.8 Å². The Morgan fingerprint density at radius 2 is 1.86 bits per heavy atom. The van der Waals surface area contributed by atoms with Gasteiger partial charge in [-0.2, -0.15) is 0 Å². The second kappa shape index (κ2) is 9.20. The van der Waals surface area contributed by atoms with Gasteiger partial charge in [0.15, 0.2) is 0 Å². The van der Waals surface area contributed by atoms with Crippen LogP contribution >= 0.6 is 0 Å². The van der Waals surface area contributed by atoms with Crippen LogP contribution in [0.4, 0.5) is 0 Å². The number of unbranched alkanes of at least 4 members (excludes halogenated alkanes) is 3. The van der Waals surface area contributed by atoms with E-state index in [1.807, 2.05) is 6.92 Å². The smallest absolute Gasteiger partial charge is 0.135 e. The molecule has 0 spiro atoms. The lowest BCUT2D eigenvalue weighted by Crippen LogP contribution is -2.10. The highest BCUT2D eigenvalue weighted by atomic mass is 16.1. The number of carbonyl (C=O) groups excluding carboxylic acids is 1. The maximum atomic E-state index is 11.5. The van der Waals surface area contributed by atoms with Gasteiger partial charge in [0.2, 0.25) is 0 Å². The first-order valence-corrected chi connectivity index (χ1v) is 5.95. The third-order valence-corrected chi connectivity index (χ3v) is 2.65. The summed E-state index contributed by atoms with van der Waals surface area (Å²) in [5, 5.41) is 0. The lowest BCUT2D eigenvalue weighted by atomic mass is 9.96. The van der Waals surface area contributed by atoms with Gasteiger partial charge in [-0.3, -0.25) is 4.79 Å². The molecule has 0 saturated heterocycles. The van der Waals surface area contributed by atoms with Crippen LogP contribution in [0.25, 0.3) is 0 Å². The fraction of sp³-hybridized carbons (Fsp3) is 0.917. The number of ketones is 1. The quantitative estimate of drug-likeness (QED) is 0.580. The van der Waals surface area contributed by atoms with E-state index in [1.54, 1.807) is 0 Å². The summed E-state index contributed by atoms with van der Waals surface area (Å²) in [5.41, 5.74) is 5.39. The Balaban J connectivity index is 3.34. The molecule has 0 radical (unpaired) electrons. The third kappa shape index (κ3) is 7.07. The Morgan fingerprint density at radius 1 is 1.21 bits per heavy atom. The lowest BCUT2D eigenvalue weighted by molar-refractivity contribution is -0.122. The molecule has 1 atom stereocenters. The van der Waals surface area contributed by atoms with Gasteiger partial charge in [0.25, 0.3) is 0 Å². The van der Waals surface area contributed by atoms with E-state index in [1.165, 1.54) is 6.42 Å². The van der Waals surface area contributed by atoms with Crippen LogP contribution in [0.3, 0.4) is 0 Å². The molecule has 2 heteroatoms. The zero-order valence-electron chi connectivity index (χ0n) is 9.72. The predicted molar refractivity (Wildman–Crippen MR) is 61.2 cm³/mol. The standard InChI is InChI=1S/C12H25NO/c1-3-8-11(2)12(14)9-6-4-5-7-10-13/h11H,3-10,13H2,1-2H3. The van der Waals surface area contributed by atoms with E-state index >= 15 is 0 Å². The zero-order valence-corrected chi connectivity index (χ0v) is 9.72. The molecule has 1 unspecified atom stereocenters. The van der Waals surface area contributed by atoms with Gasteiger partial charge in [-0.15, -0.1) is 0 Å². The van der Waals surface area contributed by atoms with Gasteiger partial charge in [0.05, 0.1) is 0 Å². The Morgan fingerprint density at radius 3 is 2.43 bits per heavy atom. The maximum Gasteiger partial charge on any atom is 0.135 e. The molecular formula is C12H25NO. The Hall–Kier alpha value is -0.370. The normalized spacial score (nSPS) is 12.8. The minimum atomic E-state index is 0.273. The van der Waals surface area contributed by atoms with Gasteiger partial charge >= 0.3 is 0 Å². The lowest BCUT2D eigenvalue weighted by Gasteiger charge is -2.08. The molecule has 0 aliphatic carbocycles. The highest BCUT2D eigenvalue weighted by molar-refractivity contribution is 5.80. The van der Waals surface area contributed by atoms with Crippen molar-refractivity contribution in [1.82, 2.24) is 0 Å². The van der Waals surface area contributed by atoms with Gasteiger partial charge in [0, 0.05) is 12.3 Å². The minimum Gasteiger partial charge on any atom is -0.330 e. The molecule has 0 aliphatic heterocycles. The summed E-state index contributed by atoms with van der Waals surface area (Å²) < 4.78 is 0. The maximum absolute atomic E-state index is 11.5. The molecule has 0 fully saturated rings. The van der Waals surface area contributed by atoms with Crippen molar-refractivity contribution in [1.29, 1.82) is 0 Å². The van der Waals surface area contributed by atoms with Gasteiger partial charge in [-0.25, -0.2) is 0 Å². The first-order valence-electron chi connectivity index (χ1n) is 5.95. The van der Waals surface area contributed by atoms with Crippen LogP contribution in [0.15, 0.2) is 0 Å². The number of rotatable bonds is 9. The molecule has 14 heavy (non-hydrogen) atoms. The van der Waals surface area contributed by atoms with Crippen molar-refractivity contribution in [2.24, 2.45) is 11.7 Å². The van der Waals surface area contributed by atoms with Crippen LogP contribution < -0.4 is 5.73 Å². The SMILES string of the molecule is CCCC(C)C(=O)CCCCCCN. The van der Waals surface area contributed by atoms with E-state index in [2.05, 4.69) is 6.92 Å². The average Bonchev–Trinajstić information content (AvgIpc) is 2.17. The third-order valence-electron chi connectivity index (χ3n) is 2.65. The molecule has 0 bridgehead atoms. The van der Waals surface area contributed by atoms with Crippen molar-refractivity contribution in [3.63, 3.8) is 0 Å². The van der Waals surface area contributed by atoms with Crippen molar-refractivity contribution in [3.05, 3.63) is 0 Å². The van der Waals surface area contributed by atoms with Crippen LogP contribution in [0, 0.1) is 5.92 Å². The van der Waals surface area contributed by atoms with E-state index in [4.69, 9.17) is 5.73 Å². The molecule has 0 heterocycles. The molecule has 0 amide bonds. The van der Waals surface area contributed by atoms with E-state index in [9.17, 15) is 4.79 Å². The van der Waals surface area contributed by atoms with Crippen LogP contribution in [0.2, 0.25) is 0 Å².